The summed E-state index contributed by atoms with van der Waals surface area (Å²) in [5, 5.41) is 0. The second-order valence-corrected chi connectivity index (χ2v) is 7.98. The lowest BCUT2D eigenvalue weighted by Crippen LogP contribution is -2.54. The smallest absolute Gasteiger partial charge is 0.410 e. The van der Waals surface area contributed by atoms with Crippen LogP contribution in [0.2, 0.25) is 0 Å². The van der Waals surface area contributed by atoms with Crippen LogP contribution in [0.25, 0.3) is 0 Å². The monoisotopic (exact) mass is 411 g/mol. The summed E-state index contributed by atoms with van der Waals surface area (Å²) in [6.45, 7) is 7.99. The van der Waals surface area contributed by atoms with Gasteiger partial charge in [0, 0.05) is 30.4 Å². The highest BCUT2D eigenvalue weighted by molar-refractivity contribution is 5.70. The lowest BCUT2D eigenvalue weighted by atomic mass is 10.1. The molecule has 2 fully saturated rings. The third-order valence-electron chi connectivity index (χ3n) is 5.73. The summed E-state index contributed by atoms with van der Waals surface area (Å²) in [6, 6.07) is 2.24. The van der Waals surface area contributed by atoms with Crippen molar-refractivity contribution >= 4 is 17.7 Å². The van der Waals surface area contributed by atoms with E-state index in [0.717, 1.165) is 47.5 Å². The average molecular weight is 411 g/mol. The van der Waals surface area contributed by atoms with Crippen molar-refractivity contribution in [2.75, 3.05) is 43.1 Å². The van der Waals surface area contributed by atoms with Crippen LogP contribution in [0.15, 0.2) is 6.07 Å². The molecule has 0 unspecified atom stereocenters. The number of rotatable bonds is 4. The van der Waals surface area contributed by atoms with Crippen LogP contribution in [0, 0.1) is 13.8 Å². The molecule has 3 aliphatic rings. The van der Waals surface area contributed by atoms with E-state index in [1.807, 2.05) is 24.8 Å². The highest BCUT2D eigenvalue weighted by atomic mass is 16.6. The highest BCUT2D eigenvalue weighted by Crippen LogP contribution is 2.32. The summed E-state index contributed by atoms with van der Waals surface area (Å²) in [5.74, 6) is 2.50. The van der Waals surface area contributed by atoms with Crippen molar-refractivity contribution in [1.29, 1.82) is 0 Å². The van der Waals surface area contributed by atoms with Gasteiger partial charge < -0.3 is 19.3 Å². The van der Waals surface area contributed by atoms with Crippen LogP contribution in [-0.4, -0.2) is 70.3 Å². The van der Waals surface area contributed by atoms with Crippen LogP contribution in [0.1, 0.15) is 29.2 Å². The minimum Gasteiger partial charge on any atom is -0.467 e. The van der Waals surface area contributed by atoms with Crippen molar-refractivity contribution < 1.29 is 14.3 Å². The van der Waals surface area contributed by atoms with Crippen molar-refractivity contribution in [2.24, 2.45) is 0 Å². The molecule has 0 N–H and O–H groups in total. The molecule has 0 bridgehead atoms. The number of nitrogens with zero attached hydrogens (tertiary/aromatic N) is 7. The molecule has 0 atom stereocenters. The molecule has 2 aromatic rings. The topological polar surface area (TPSA) is 96.8 Å². The summed E-state index contributed by atoms with van der Waals surface area (Å²) in [5.41, 5.74) is 2.82. The van der Waals surface area contributed by atoms with Crippen molar-refractivity contribution in [3.8, 4) is 6.01 Å². The number of amides is 1. The first-order valence-corrected chi connectivity index (χ1v) is 10.2. The van der Waals surface area contributed by atoms with E-state index in [1.165, 1.54) is 6.42 Å². The first-order chi connectivity index (χ1) is 14.5. The van der Waals surface area contributed by atoms with Gasteiger partial charge >= 0.3 is 12.1 Å². The molecular formula is C20H25N7O3. The van der Waals surface area contributed by atoms with Crippen LogP contribution >= 0.6 is 0 Å². The molecule has 10 heteroatoms. The Kier molecular flexibility index (Phi) is 4.56. The van der Waals surface area contributed by atoms with Gasteiger partial charge in [0.15, 0.2) is 0 Å². The summed E-state index contributed by atoms with van der Waals surface area (Å²) >= 11 is 0. The number of methoxy groups -OCH3 is 1. The molecule has 0 radical (unpaired) electrons. The number of carbonyl (C=O) groups is 1. The first-order valence-electron chi connectivity index (χ1n) is 10.2. The Morgan fingerprint density at radius 2 is 1.87 bits per heavy atom. The molecule has 0 saturated carbocycles. The molecule has 10 nitrogen and oxygen atoms in total. The molecule has 2 aromatic heterocycles. The van der Waals surface area contributed by atoms with Crippen LogP contribution in [0.4, 0.5) is 16.4 Å². The van der Waals surface area contributed by atoms with Gasteiger partial charge in [-0.05, 0) is 20.3 Å². The number of hydrogen-bond donors (Lipinski definition) is 0. The van der Waals surface area contributed by atoms with E-state index in [9.17, 15) is 4.79 Å². The van der Waals surface area contributed by atoms with Gasteiger partial charge in [0.25, 0.3) is 0 Å². The zero-order valence-corrected chi connectivity index (χ0v) is 17.5. The fourth-order valence-electron chi connectivity index (χ4n) is 3.97. The second kappa shape index (κ2) is 7.26. The number of ether oxygens (including phenoxy) is 2. The van der Waals surface area contributed by atoms with E-state index in [0.29, 0.717) is 32.2 Å². The van der Waals surface area contributed by atoms with Gasteiger partial charge in [-0.25, -0.2) is 19.7 Å². The van der Waals surface area contributed by atoms with Gasteiger partial charge in [-0.3, -0.25) is 4.90 Å². The first kappa shape index (κ1) is 18.8. The fourth-order valence-corrected chi connectivity index (χ4v) is 3.97. The maximum absolute atomic E-state index is 12.7. The number of carbonyl (C=O) groups excluding carboxylic acids is 1. The van der Waals surface area contributed by atoms with Crippen LogP contribution < -0.4 is 14.5 Å². The van der Waals surface area contributed by atoms with Crippen molar-refractivity contribution in [3.05, 3.63) is 28.8 Å². The molecule has 0 aromatic carbocycles. The Bertz CT molecular complexity index is 989. The van der Waals surface area contributed by atoms with Gasteiger partial charge in [0.1, 0.15) is 23.6 Å². The largest absolute Gasteiger partial charge is 0.467 e. The standard InChI is InChI=1S/C20H25N7O3/c1-12-7-17(24-19(21-12)29-3)26-8-14(9-26)30-20(28)27-10-15-16(11-27)22-13(2)23-18(15)25-5-4-6-25/h7,14H,4-6,8-11H2,1-3H3. The minimum absolute atomic E-state index is 0.162. The molecule has 3 aliphatic heterocycles. The average Bonchev–Trinajstić information content (AvgIpc) is 3.06. The lowest BCUT2D eigenvalue weighted by molar-refractivity contribution is 0.0488. The molecule has 0 aliphatic carbocycles. The van der Waals surface area contributed by atoms with Gasteiger partial charge in [-0.1, -0.05) is 0 Å². The molecular weight excluding hydrogens is 386 g/mol. The third kappa shape index (κ3) is 3.35. The highest BCUT2D eigenvalue weighted by Gasteiger charge is 2.36. The molecule has 5 heterocycles. The number of aryl methyl sites for hydroxylation is 2. The minimum atomic E-state index is -0.304. The molecule has 158 valence electrons. The summed E-state index contributed by atoms with van der Waals surface area (Å²) < 4.78 is 10.9. The SMILES string of the molecule is COc1nc(C)cc(N2CC(OC(=O)N3Cc4nc(C)nc(N5CCC5)c4C3)C2)n1. The van der Waals surface area contributed by atoms with Crippen LogP contribution in [0.5, 0.6) is 6.01 Å². The van der Waals surface area contributed by atoms with Crippen LogP contribution in [0.3, 0.4) is 0 Å². The van der Waals surface area contributed by atoms with Crippen LogP contribution in [-0.2, 0) is 17.8 Å². The summed E-state index contributed by atoms with van der Waals surface area (Å²) in [7, 11) is 1.55. The summed E-state index contributed by atoms with van der Waals surface area (Å²) in [4.78, 5) is 36.5. The molecule has 1 amide bonds. The third-order valence-corrected chi connectivity index (χ3v) is 5.73. The Balaban J connectivity index is 1.20. The lowest BCUT2D eigenvalue weighted by Gasteiger charge is -2.39. The van der Waals surface area contributed by atoms with Gasteiger partial charge in [0.05, 0.1) is 39.0 Å². The Morgan fingerprint density at radius 1 is 1.07 bits per heavy atom. The maximum Gasteiger partial charge on any atom is 0.410 e. The normalized spacial score (nSPS) is 18.0. The van der Waals surface area contributed by atoms with Crippen molar-refractivity contribution in [3.63, 3.8) is 0 Å². The number of hydrogen-bond acceptors (Lipinski definition) is 9. The maximum atomic E-state index is 12.7. The predicted octanol–water partition coefficient (Wildman–Crippen LogP) is 1.44. The van der Waals surface area contributed by atoms with Crippen molar-refractivity contribution in [2.45, 2.75) is 39.5 Å². The zero-order chi connectivity index (χ0) is 20.8. The molecule has 30 heavy (non-hydrogen) atoms. The van der Waals surface area contributed by atoms with E-state index in [4.69, 9.17) is 9.47 Å². The predicted molar refractivity (Wildman–Crippen MR) is 109 cm³/mol. The van der Waals surface area contributed by atoms with E-state index < -0.39 is 0 Å². The van der Waals surface area contributed by atoms with Gasteiger partial charge in [-0.15, -0.1) is 0 Å². The Labute approximate surface area is 174 Å². The van der Waals surface area contributed by atoms with E-state index in [-0.39, 0.29) is 12.2 Å². The van der Waals surface area contributed by atoms with Gasteiger partial charge in [0.2, 0.25) is 0 Å². The van der Waals surface area contributed by atoms with E-state index >= 15 is 0 Å². The quantitative estimate of drug-likeness (QED) is 0.740. The fraction of sp³-hybridized carbons (Fsp3) is 0.550. The van der Waals surface area contributed by atoms with Crippen molar-refractivity contribution in [1.82, 2.24) is 24.8 Å². The number of aromatic nitrogens is 4. The molecule has 5 rings (SSSR count). The Morgan fingerprint density at radius 3 is 2.57 bits per heavy atom. The Hall–Kier alpha value is -3.17. The number of anilines is 2. The number of fused-ring (bicyclic) bond motifs is 1. The second-order valence-electron chi connectivity index (χ2n) is 7.98. The molecule has 0 spiro atoms. The van der Waals surface area contributed by atoms with E-state index in [1.54, 1.807) is 12.0 Å². The molecule has 2 saturated heterocycles. The summed E-state index contributed by atoms with van der Waals surface area (Å²) in [6.07, 6.45) is 0.714. The van der Waals surface area contributed by atoms with Gasteiger partial charge in [-0.2, -0.15) is 4.98 Å². The zero-order valence-electron chi connectivity index (χ0n) is 17.5. The van der Waals surface area contributed by atoms with E-state index in [2.05, 4.69) is 24.8 Å².